The average Bonchev–Trinajstić information content (AvgIpc) is 2.62. The summed E-state index contributed by atoms with van der Waals surface area (Å²) in [5.41, 5.74) is 7.49. The molecule has 1 unspecified atom stereocenters. The second kappa shape index (κ2) is 8.81. The van der Waals surface area contributed by atoms with Gasteiger partial charge in [-0.3, -0.25) is 10.1 Å². The maximum Gasteiger partial charge on any atom is 0.414 e. The predicted octanol–water partition coefficient (Wildman–Crippen LogP) is 2.15. The SMILES string of the molecule is COC(c1ccccc1)[C@H](N)C(=O)NC(=O)OCc1ccccc1. The molecule has 24 heavy (non-hydrogen) atoms. The van der Waals surface area contributed by atoms with Crippen molar-refractivity contribution in [3.8, 4) is 0 Å². The highest BCUT2D eigenvalue weighted by molar-refractivity contribution is 5.95. The third-order valence-electron chi connectivity index (χ3n) is 3.45. The van der Waals surface area contributed by atoms with Crippen LogP contribution < -0.4 is 11.1 Å². The molecule has 2 atom stereocenters. The zero-order valence-corrected chi connectivity index (χ0v) is 13.3. The molecule has 2 rings (SSSR count). The van der Waals surface area contributed by atoms with Crippen molar-refractivity contribution in [2.75, 3.05) is 7.11 Å². The van der Waals surface area contributed by atoms with Crippen LogP contribution >= 0.6 is 0 Å². The van der Waals surface area contributed by atoms with Crippen molar-refractivity contribution in [2.45, 2.75) is 18.8 Å². The van der Waals surface area contributed by atoms with E-state index in [1.807, 2.05) is 48.5 Å². The monoisotopic (exact) mass is 328 g/mol. The molecule has 0 fully saturated rings. The first-order chi connectivity index (χ1) is 11.6. The maximum absolute atomic E-state index is 12.1. The van der Waals surface area contributed by atoms with Crippen LogP contribution in [0.15, 0.2) is 60.7 Å². The van der Waals surface area contributed by atoms with Crippen LogP contribution in [0.2, 0.25) is 0 Å². The van der Waals surface area contributed by atoms with Crippen molar-refractivity contribution in [1.82, 2.24) is 5.32 Å². The van der Waals surface area contributed by atoms with Crippen LogP contribution in [0.1, 0.15) is 17.2 Å². The smallest absolute Gasteiger partial charge is 0.414 e. The molecule has 0 saturated carbocycles. The third kappa shape index (κ3) is 4.91. The molecule has 0 aliphatic carbocycles. The predicted molar refractivity (Wildman–Crippen MR) is 88.9 cm³/mol. The lowest BCUT2D eigenvalue weighted by Gasteiger charge is -2.21. The molecule has 3 N–H and O–H groups in total. The number of hydrogen-bond donors (Lipinski definition) is 2. The molecule has 126 valence electrons. The number of imide groups is 1. The fourth-order valence-electron chi connectivity index (χ4n) is 2.21. The van der Waals surface area contributed by atoms with Gasteiger partial charge in [0.25, 0.3) is 0 Å². The van der Waals surface area contributed by atoms with Crippen LogP contribution in [-0.4, -0.2) is 25.2 Å². The molecule has 0 bridgehead atoms. The zero-order valence-electron chi connectivity index (χ0n) is 13.3. The first-order valence-corrected chi connectivity index (χ1v) is 7.46. The molecule has 2 amide bonds. The molecule has 2 aromatic carbocycles. The highest BCUT2D eigenvalue weighted by Gasteiger charge is 2.27. The molecule has 0 heterocycles. The fourth-order valence-corrected chi connectivity index (χ4v) is 2.21. The highest BCUT2D eigenvalue weighted by Crippen LogP contribution is 2.19. The minimum Gasteiger partial charge on any atom is -0.444 e. The summed E-state index contributed by atoms with van der Waals surface area (Å²) in [7, 11) is 1.46. The van der Waals surface area contributed by atoms with Gasteiger partial charge in [0.05, 0.1) is 0 Å². The van der Waals surface area contributed by atoms with E-state index in [0.717, 1.165) is 11.1 Å². The zero-order chi connectivity index (χ0) is 17.4. The Bertz CT molecular complexity index is 661. The van der Waals surface area contributed by atoms with E-state index in [4.69, 9.17) is 15.2 Å². The lowest BCUT2D eigenvalue weighted by Crippen LogP contribution is -2.47. The summed E-state index contributed by atoms with van der Waals surface area (Å²) in [6.45, 7) is 0.0710. The van der Waals surface area contributed by atoms with Gasteiger partial charge < -0.3 is 15.2 Å². The van der Waals surface area contributed by atoms with Crippen LogP contribution in [0, 0.1) is 0 Å². The van der Waals surface area contributed by atoms with E-state index in [-0.39, 0.29) is 6.61 Å². The van der Waals surface area contributed by atoms with Crippen LogP contribution in [-0.2, 0) is 20.9 Å². The van der Waals surface area contributed by atoms with E-state index < -0.39 is 24.1 Å². The van der Waals surface area contributed by atoms with Gasteiger partial charge in [-0.05, 0) is 11.1 Å². The number of carbonyl (C=O) groups is 2. The van der Waals surface area contributed by atoms with Crippen LogP contribution in [0.4, 0.5) is 4.79 Å². The Balaban J connectivity index is 1.89. The first kappa shape index (κ1) is 17.7. The Morgan fingerprint density at radius 3 is 2.21 bits per heavy atom. The minimum atomic E-state index is -1.04. The molecule has 6 nitrogen and oxygen atoms in total. The summed E-state index contributed by atoms with van der Waals surface area (Å²) in [4.78, 5) is 23.8. The van der Waals surface area contributed by atoms with Crippen molar-refractivity contribution in [2.24, 2.45) is 5.73 Å². The van der Waals surface area contributed by atoms with Crippen molar-refractivity contribution < 1.29 is 19.1 Å². The van der Waals surface area contributed by atoms with Gasteiger partial charge >= 0.3 is 6.09 Å². The third-order valence-corrected chi connectivity index (χ3v) is 3.45. The Labute approximate surface area is 140 Å². The van der Waals surface area contributed by atoms with E-state index in [1.165, 1.54) is 7.11 Å². The van der Waals surface area contributed by atoms with Crippen molar-refractivity contribution in [3.05, 3.63) is 71.8 Å². The molecule has 6 heteroatoms. The number of nitrogens with one attached hydrogen (secondary N) is 1. The molecule has 0 spiro atoms. The number of amides is 2. The number of hydrogen-bond acceptors (Lipinski definition) is 5. The Kier molecular flexibility index (Phi) is 6.48. The van der Waals surface area contributed by atoms with Crippen LogP contribution in [0.3, 0.4) is 0 Å². The fraction of sp³-hybridized carbons (Fsp3) is 0.222. The molecule has 0 saturated heterocycles. The lowest BCUT2D eigenvalue weighted by atomic mass is 10.0. The van der Waals surface area contributed by atoms with Gasteiger partial charge in [0, 0.05) is 7.11 Å². The van der Waals surface area contributed by atoms with Crippen molar-refractivity contribution >= 4 is 12.0 Å². The summed E-state index contributed by atoms with van der Waals surface area (Å²) in [6, 6.07) is 17.2. The minimum absolute atomic E-state index is 0.0710. The van der Waals surface area contributed by atoms with E-state index in [2.05, 4.69) is 5.32 Å². The Hall–Kier alpha value is -2.70. The second-order valence-electron chi connectivity index (χ2n) is 5.14. The molecule has 0 radical (unpaired) electrons. The van der Waals surface area contributed by atoms with Crippen LogP contribution in [0.5, 0.6) is 0 Å². The summed E-state index contributed by atoms with van der Waals surface area (Å²) in [6.07, 6.45) is -1.50. The van der Waals surface area contributed by atoms with E-state index in [1.54, 1.807) is 12.1 Å². The summed E-state index contributed by atoms with van der Waals surface area (Å²) in [5.74, 6) is -0.663. The Morgan fingerprint density at radius 1 is 1.04 bits per heavy atom. The van der Waals surface area contributed by atoms with E-state index in [9.17, 15) is 9.59 Å². The normalized spacial score (nSPS) is 12.9. The van der Waals surface area contributed by atoms with Crippen molar-refractivity contribution in [3.63, 3.8) is 0 Å². The van der Waals surface area contributed by atoms with E-state index >= 15 is 0 Å². The summed E-state index contributed by atoms with van der Waals surface area (Å²) < 4.78 is 10.3. The number of methoxy groups -OCH3 is 1. The average molecular weight is 328 g/mol. The maximum atomic E-state index is 12.1. The van der Waals surface area contributed by atoms with Gasteiger partial charge in [-0.2, -0.15) is 0 Å². The summed E-state index contributed by atoms with van der Waals surface area (Å²) >= 11 is 0. The second-order valence-corrected chi connectivity index (χ2v) is 5.14. The summed E-state index contributed by atoms with van der Waals surface area (Å²) in [5, 5.41) is 2.13. The number of carbonyl (C=O) groups excluding carboxylic acids is 2. The highest BCUT2D eigenvalue weighted by atomic mass is 16.5. The molecule has 0 aliphatic heterocycles. The molecule has 0 aliphatic rings. The quantitative estimate of drug-likeness (QED) is 0.848. The molecular formula is C18H20N2O4. The van der Waals surface area contributed by atoms with Gasteiger partial charge in [-0.1, -0.05) is 60.7 Å². The number of nitrogens with two attached hydrogens (primary N) is 1. The largest absolute Gasteiger partial charge is 0.444 e. The standard InChI is InChI=1S/C18H20N2O4/c1-23-16(14-10-6-3-7-11-14)15(19)17(21)20-18(22)24-12-13-8-4-2-5-9-13/h2-11,15-16H,12,19H2,1H3,(H,20,21,22)/t15-,16?/m0/s1. The number of rotatable bonds is 6. The number of alkyl carbamates (subject to hydrolysis) is 1. The first-order valence-electron chi connectivity index (χ1n) is 7.46. The van der Waals surface area contributed by atoms with Crippen LogP contribution in [0.25, 0.3) is 0 Å². The number of ether oxygens (including phenoxy) is 2. The van der Waals surface area contributed by atoms with E-state index in [0.29, 0.717) is 0 Å². The van der Waals surface area contributed by atoms with Gasteiger partial charge in [0.1, 0.15) is 18.8 Å². The lowest BCUT2D eigenvalue weighted by molar-refractivity contribution is -0.124. The van der Waals surface area contributed by atoms with Crippen molar-refractivity contribution in [1.29, 1.82) is 0 Å². The van der Waals surface area contributed by atoms with Gasteiger partial charge in [-0.15, -0.1) is 0 Å². The van der Waals surface area contributed by atoms with Gasteiger partial charge in [0.15, 0.2) is 0 Å². The molecular weight excluding hydrogens is 308 g/mol. The van der Waals surface area contributed by atoms with Gasteiger partial charge in [-0.25, -0.2) is 4.79 Å². The Morgan fingerprint density at radius 2 is 1.62 bits per heavy atom. The number of benzene rings is 2. The van der Waals surface area contributed by atoms with Gasteiger partial charge in [0.2, 0.25) is 5.91 Å². The molecule has 0 aromatic heterocycles. The molecule has 2 aromatic rings. The topological polar surface area (TPSA) is 90.6 Å².